The van der Waals surface area contributed by atoms with Gasteiger partial charge in [0.05, 0.1) is 11.0 Å². The molecule has 0 unspecified atom stereocenters. The number of nitrogens with zero attached hydrogens (tertiary/aromatic N) is 4. The maximum absolute atomic E-state index is 12.9. The Kier molecular flexibility index (Phi) is 2.56. The number of carbonyl (C=O) groups is 1. The molecular formula is C16H19N5O2. The Balaban J connectivity index is 1.37. The highest BCUT2D eigenvalue weighted by Gasteiger charge is 2.47. The minimum absolute atomic E-state index is 0.0866. The molecule has 0 radical (unpaired) electrons. The van der Waals surface area contributed by atoms with E-state index >= 15 is 0 Å². The third kappa shape index (κ3) is 2.09. The number of aromatic nitrogens is 4. The predicted octanol–water partition coefficient (Wildman–Crippen LogP) is 1.96. The number of carbonyl (C=O) groups excluding carboxylic acids is 1. The molecule has 1 saturated heterocycles. The Labute approximate surface area is 133 Å². The van der Waals surface area contributed by atoms with Gasteiger partial charge >= 0.3 is 0 Å². The lowest BCUT2D eigenvalue weighted by Crippen LogP contribution is -2.60. The molecule has 7 heteroatoms. The second kappa shape index (κ2) is 4.43. The lowest BCUT2D eigenvalue weighted by atomic mass is 9.80. The molecule has 7 nitrogen and oxygen atoms in total. The summed E-state index contributed by atoms with van der Waals surface area (Å²) in [5.74, 6) is 3.68. The number of nitrogens with one attached hydrogen (secondary N) is 1. The van der Waals surface area contributed by atoms with Crippen LogP contribution in [0.4, 0.5) is 0 Å². The molecule has 120 valence electrons. The van der Waals surface area contributed by atoms with E-state index in [0.29, 0.717) is 30.7 Å². The second-order valence-electron chi connectivity index (χ2n) is 7.43. The molecule has 1 amide bonds. The lowest BCUT2D eigenvalue weighted by Gasteiger charge is -2.45. The molecule has 0 bridgehead atoms. The molecule has 3 aliphatic rings. The van der Waals surface area contributed by atoms with Crippen molar-refractivity contribution in [1.82, 2.24) is 25.5 Å². The fourth-order valence-electron chi connectivity index (χ4n) is 3.48. The van der Waals surface area contributed by atoms with E-state index in [4.69, 9.17) is 4.42 Å². The van der Waals surface area contributed by atoms with Gasteiger partial charge < -0.3 is 9.32 Å². The molecule has 2 aromatic rings. The first-order chi connectivity index (χ1) is 11.1. The van der Waals surface area contributed by atoms with Gasteiger partial charge in [0.15, 0.2) is 5.82 Å². The van der Waals surface area contributed by atoms with Crippen molar-refractivity contribution in [2.75, 3.05) is 13.1 Å². The number of hydrogen-bond donors (Lipinski definition) is 1. The number of tetrazole rings is 1. The summed E-state index contributed by atoms with van der Waals surface area (Å²) in [6.45, 7) is 3.31. The van der Waals surface area contributed by atoms with E-state index < -0.39 is 0 Å². The van der Waals surface area contributed by atoms with Gasteiger partial charge in [-0.15, -0.1) is 10.2 Å². The van der Waals surface area contributed by atoms with E-state index in [-0.39, 0.29) is 11.3 Å². The monoisotopic (exact) mass is 313 g/mol. The van der Waals surface area contributed by atoms with Crippen LogP contribution in [0.5, 0.6) is 0 Å². The van der Waals surface area contributed by atoms with E-state index in [2.05, 4.69) is 27.5 Å². The fraction of sp³-hybridized carbons (Fsp3) is 0.625. The summed E-state index contributed by atoms with van der Waals surface area (Å²) in [5.41, 5.74) is 0.579. The van der Waals surface area contributed by atoms with Crippen molar-refractivity contribution < 1.29 is 9.21 Å². The zero-order valence-corrected chi connectivity index (χ0v) is 13.1. The van der Waals surface area contributed by atoms with Gasteiger partial charge in [0.1, 0.15) is 11.5 Å². The normalized spacial score (nSPS) is 22.9. The molecule has 5 rings (SSSR count). The van der Waals surface area contributed by atoms with Crippen molar-refractivity contribution in [3.8, 4) is 0 Å². The zero-order valence-electron chi connectivity index (χ0n) is 13.1. The summed E-state index contributed by atoms with van der Waals surface area (Å²) >= 11 is 0. The lowest BCUT2D eigenvalue weighted by molar-refractivity contribution is 0.0411. The fourth-order valence-corrected chi connectivity index (χ4v) is 3.48. The van der Waals surface area contributed by atoms with Gasteiger partial charge in [0.25, 0.3) is 5.91 Å². The van der Waals surface area contributed by atoms with E-state index in [0.717, 1.165) is 29.9 Å². The SMILES string of the molecule is CC1(c2nn[nH]n2)CN(C(=O)c2cc(C3CC3)oc2C2CC2)C1. The number of hydrogen-bond acceptors (Lipinski definition) is 5. The van der Waals surface area contributed by atoms with Gasteiger partial charge in [-0.25, -0.2) is 0 Å². The summed E-state index contributed by atoms with van der Waals surface area (Å²) in [7, 11) is 0. The third-order valence-corrected chi connectivity index (χ3v) is 5.19. The van der Waals surface area contributed by atoms with Crippen LogP contribution in [0.2, 0.25) is 0 Å². The number of likely N-dealkylation sites (tertiary alicyclic amines) is 1. The van der Waals surface area contributed by atoms with Crippen LogP contribution in [0.3, 0.4) is 0 Å². The summed E-state index contributed by atoms with van der Waals surface area (Å²) in [6, 6.07) is 2.00. The molecule has 2 saturated carbocycles. The van der Waals surface area contributed by atoms with Crippen LogP contribution in [0, 0.1) is 0 Å². The summed E-state index contributed by atoms with van der Waals surface area (Å²) < 4.78 is 6.04. The van der Waals surface area contributed by atoms with Gasteiger partial charge in [-0.3, -0.25) is 4.79 Å². The van der Waals surface area contributed by atoms with Crippen LogP contribution in [0.15, 0.2) is 10.5 Å². The molecular weight excluding hydrogens is 294 g/mol. The van der Waals surface area contributed by atoms with Crippen molar-refractivity contribution in [2.24, 2.45) is 0 Å². The van der Waals surface area contributed by atoms with Gasteiger partial charge in [-0.05, 0) is 38.7 Å². The van der Waals surface area contributed by atoms with Crippen LogP contribution >= 0.6 is 0 Å². The van der Waals surface area contributed by atoms with Crippen LogP contribution in [-0.2, 0) is 5.41 Å². The third-order valence-electron chi connectivity index (χ3n) is 5.19. The van der Waals surface area contributed by atoms with Crippen molar-refractivity contribution >= 4 is 5.91 Å². The Morgan fingerprint density at radius 3 is 2.65 bits per heavy atom. The molecule has 1 N–H and O–H groups in total. The zero-order chi connectivity index (χ0) is 15.6. The molecule has 0 atom stereocenters. The number of rotatable bonds is 4. The standard InChI is InChI=1S/C16H19N5O2/c1-16(15-17-19-20-18-15)7-21(8-16)14(22)11-6-12(9-2-3-9)23-13(11)10-4-5-10/h6,9-10H,2-5,7-8H2,1H3,(H,17,18,19,20). The smallest absolute Gasteiger partial charge is 0.257 e. The van der Waals surface area contributed by atoms with Gasteiger partial charge in [0.2, 0.25) is 0 Å². The van der Waals surface area contributed by atoms with Crippen LogP contribution < -0.4 is 0 Å². The van der Waals surface area contributed by atoms with E-state index in [1.807, 2.05) is 11.0 Å². The molecule has 3 heterocycles. The van der Waals surface area contributed by atoms with Crippen molar-refractivity contribution in [3.63, 3.8) is 0 Å². The quantitative estimate of drug-likeness (QED) is 0.932. The number of furan rings is 1. The Morgan fingerprint density at radius 1 is 1.30 bits per heavy atom. The first kappa shape index (κ1) is 13.3. The average molecular weight is 313 g/mol. The van der Waals surface area contributed by atoms with Crippen molar-refractivity contribution in [2.45, 2.75) is 49.9 Å². The number of H-pyrrole nitrogens is 1. The first-order valence-electron chi connectivity index (χ1n) is 8.31. The Morgan fingerprint density at radius 2 is 2.04 bits per heavy atom. The largest absolute Gasteiger partial charge is 0.465 e. The molecule has 1 aliphatic heterocycles. The predicted molar refractivity (Wildman–Crippen MR) is 80.1 cm³/mol. The minimum Gasteiger partial charge on any atom is -0.465 e. The highest BCUT2D eigenvalue weighted by Crippen LogP contribution is 2.48. The maximum Gasteiger partial charge on any atom is 0.257 e. The summed E-state index contributed by atoms with van der Waals surface area (Å²) in [4.78, 5) is 14.8. The average Bonchev–Trinajstić information content (AvgIpc) is 3.45. The van der Waals surface area contributed by atoms with Gasteiger partial charge in [-0.2, -0.15) is 5.21 Å². The molecule has 2 aliphatic carbocycles. The highest BCUT2D eigenvalue weighted by atomic mass is 16.3. The number of amides is 1. The van der Waals surface area contributed by atoms with E-state index in [1.54, 1.807) is 0 Å². The van der Waals surface area contributed by atoms with E-state index in [9.17, 15) is 4.79 Å². The van der Waals surface area contributed by atoms with E-state index in [1.165, 1.54) is 12.8 Å². The Bertz CT molecular complexity index is 752. The van der Waals surface area contributed by atoms with Gasteiger partial charge in [-0.1, -0.05) is 5.21 Å². The van der Waals surface area contributed by atoms with Crippen LogP contribution in [0.25, 0.3) is 0 Å². The van der Waals surface area contributed by atoms with Gasteiger partial charge in [0, 0.05) is 24.9 Å². The van der Waals surface area contributed by atoms with Crippen molar-refractivity contribution in [3.05, 3.63) is 29.0 Å². The molecule has 2 aromatic heterocycles. The molecule has 0 aromatic carbocycles. The van der Waals surface area contributed by atoms with Crippen LogP contribution in [0.1, 0.15) is 72.1 Å². The molecule has 3 fully saturated rings. The number of aromatic amines is 1. The second-order valence-corrected chi connectivity index (χ2v) is 7.43. The molecule has 23 heavy (non-hydrogen) atoms. The highest BCUT2D eigenvalue weighted by molar-refractivity contribution is 5.96. The topological polar surface area (TPSA) is 87.9 Å². The van der Waals surface area contributed by atoms with Crippen LogP contribution in [-0.4, -0.2) is 44.5 Å². The maximum atomic E-state index is 12.9. The first-order valence-corrected chi connectivity index (χ1v) is 8.31. The minimum atomic E-state index is -0.203. The van der Waals surface area contributed by atoms with Crippen molar-refractivity contribution in [1.29, 1.82) is 0 Å². The molecule has 0 spiro atoms. The summed E-state index contributed by atoms with van der Waals surface area (Å²) in [6.07, 6.45) is 4.65. The Hall–Kier alpha value is -2.18. The summed E-state index contributed by atoms with van der Waals surface area (Å²) in [5, 5.41) is 14.2.